The Morgan fingerprint density at radius 2 is 1.76 bits per heavy atom. The van der Waals surface area contributed by atoms with Gasteiger partial charge in [0.15, 0.2) is 0 Å². The lowest BCUT2D eigenvalue weighted by molar-refractivity contribution is 0.139. The van der Waals surface area contributed by atoms with Crippen molar-refractivity contribution in [3.05, 3.63) is 102 Å². The number of ether oxygens (including phenoxy) is 1. The molecule has 3 rings (SSSR count). The number of benzene rings is 2. The van der Waals surface area contributed by atoms with Crippen molar-refractivity contribution in [1.82, 2.24) is 5.32 Å². The molecule has 1 N–H and O–H groups in total. The van der Waals surface area contributed by atoms with E-state index < -0.39 is 0 Å². The Morgan fingerprint density at radius 1 is 1.03 bits per heavy atom. The summed E-state index contributed by atoms with van der Waals surface area (Å²) in [5.74, 6) is 0.200. The predicted octanol–water partition coefficient (Wildman–Crippen LogP) is 6.25. The molecule has 1 aliphatic rings. The van der Waals surface area contributed by atoms with Crippen LogP contribution < -0.4 is 5.32 Å². The maximum absolute atomic E-state index is 11.9. The molecule has 0 aromatic heterocycles. The lowest BCUT2D eigenvalue weighted by Crippen LogP contribution is -2.28. The van der Waals surface area contributed by atoms with Gasteiger partial charge in [-0.25, -0.2) is 4.79 Å². The minimum atomic E-state index is -0.388. The largest absolute Gasteiger partial charge is 0.445 e. The maximum atomic E-state index is 11.9. The van der Waals surface area contributed by atoms with Crippen molar-refractivity contribution >= 4 is 11.7 Å². The predicted molar refractivity (Wildman–Crippen MR) is 120 cm³/mol. The molecule has 3 nitrogen and oxygen atoms in total. The Bertz CT molecular complexity index is 905. The van der Waals surface area contributed by atoms with E-state index in [4.69, 9.17) is 4.74 Å². The van der Waals surface area contributed by atoms with Gasteiger partial charge in [-0.3, -0.25) is 0 Å². The third kappa shape index (κ3) is 6.21. The quantitative estimate of drug-likeness (QED) is 0.636. The summed E-state index contributed by atoms with van der Waals surface area (Å²) >= 11 is 0. The molecule has 0 radical (unpaired) electrons. The lowest BCUT2D eigenvalue weighted by Gasteiger charge is -2.14. The SMILES string of the molecule is CC(CNC(=O)OCc1ccccc1)c1ccc(C2=CC=CC(C)(C)C=C2)cc1. The highest BCUT2D eigenvalue weighted by Gasteiger charge is 2.12. The van der Waals surface area contributed by atoms with Gasteiger partial charge in [-0.05, 0) is 28.2 Å². The molecular formula is C26H29NO2. The van der Waals surface area contributed by atoms with Gasteiger partial charge in [-0.1, -0.05) is 106 Å². The van der Waals surface area contributed by atoms with Crippen LogP contribution in [-0.2, 0) is 11.3 Å². The van der Waals surface area contributed by atoms with Gasteiger partial charge in [0.1, 0.15) is 6.61 Å². The first-order valence-corrected chi connectivity index (χ1v) is 10.1. The Morgan fingerprint density at radius 3 is 2.48 bits per heavy atom. The fraction of sp³-hybridized carbons (Fsp3) is 0.269. The molecule has 2 aromatic carbocycles. The Hall–Kier alpha value is -3.07. The van der Waals surface area contributed by atoms with Gasteiger partial charge < -0.3 is 10.1 Å². The second kappa shape index (κ2) is 9.42. The topological polar surface area (TPSA) is 38.3 Å². The van der Waals surface area contributed by atoms with Crippen molar-refractivity contribution in [2.75, 3.05) is 6.54 Å². The molecule has 0 saturated heterocycles. The minimum Gasteiger partial charge on any atom is -0.445 e. The lowest BCUT2D eigenvalue weighted by atomic mass is 9.92. The van der Waals surface area contributed by atoms with Gasteiger partial charge in [0.25, 0.3) is 0 Å². The van der Waals surface area contributed by atoms with Crippen LogP contribution in [0.25, 0.3) is 5.57 Å². The van der Waals surface area contributed by atoms with E-state index >= 15 is 0 Å². The monoisotopic (exact) mass is 387 g/mol. The van der Waals surface area contributed by atoms with Crippen LogP contribution >= 0.6 is 0 Å². The summed E-state index contributed by atoms with van der Waals surface area (Å²) in [6.07, 6.45) is 10.5. The van der Waals surface area contributed by atoms with Crippen molar-refractivity contribution in [3.8, 4) is 0 Å². The van der Waals surface area contributed by atoms with Crippen molar-refractivity contribution in [2.45, 2.75) is 33.3 Å². The number of alkyl carbamates (subject to hydrolysis) is 1. The number of hydrogen-bond acceptors (Lipinski definition) is 2. The van der Waals surface area contributed by atoms with E-state index in [1.807, 2.05) is 30.3 Å². The molecule has 1 atom stereocenters. The van der Waals surface area contributed by atoms with E-state index in [1.54, 1.807) is 0 Å². The second-order valence-corrected chi connectivity index (χ2v) is 8.10. The molecule has 0 spiro atoms. The molecule has 1 amide bonds. The third-order valence-corrected chi connectivity index (χ3v) is 5.07. The summed E-state index contributed by atoms with van der Waals surface area (Å²) < 4.78 is 5.27. The molecule has 1 unspecified atom stereocenters. The normalized spacial score (nSPS) is 15.9. The zero-order valence-electron chi connectivity index (χ0n) is 17.4. The summed E-state index contributed by atoms with van der Waals surface area (Å²) in [5.41, 5.74) is 4.63. The van der Waals surface area contributed by atoms with Gasteiger partial charge in [0, 0.05) is 12.0 Å². The summed E-state index contributed by atoms with van der Waals surface area (Å²) in [5, 5.41) is 2.85. The first-order valence-electron chi connectivity index (χ1n) is 10.1. The second-order valence-electron chi connectivity index (χ2n) is 8.10. The van der Waals surface area contributed by atoms with Gasteiger partial charge in [0.05, 0.1) is 0 Å². The molecule has 0 fully saturated rings. The van der Waals surface area contributed by atoms with Crippen molar-refractivity contribution in [3.63, 3.8) is 0 Å². The van der Waals surface area contributed by atoms with E-state index in [0.29, 0.717) is 6.54 Å². The van der Waals surface area contributed by atoms with Gasteiger partial charge in [-0.15, -0.1) is 0 Å². The number of allylic oxidation sites excluding steroid dienone is 6. The average molecular weight is 388 g/mol. The fourth-order valence-electron chi connectivity index (χ4n) is 3.14. The number of amides is 1. The van der Waals surface area contributed by atoms with Crippen molar-refractivity contribution < 1.29 is 9.53 Å². The minimum absolute atomic E-state index is 0.0769. The van der Waals surface area contributed by atoms with E-state index in [2.05, 4.69) is 80.7 Å². The highest BCUT2D eigenvalue weighted by atomic mass is 16.5. The molecule has 1 aliphatic carbocycles. The average Bonchev–Trinajstić information content (AvgIpc) is 2.92. The first kappa shape index (κ1) is 20.7. The van der Waals surface area contributed by atoms with Gasteiger partial charge >= 0.3 is 6.09 Å². The fourth-order valence-corrected chi connectivity index (χ4v) is 3.14. The zero-order chi connectivity index (χ0) is 20.7. The smallest absolute Gasteiger partial charge is 0.407 e. The molecule has 150 valence electrons. The van der Waals surface area contributed by atoms with Crippen LogP contribution in [0.15, 0.2) is 85.0 Å². The summed E-state index contributed by atoms with van der Waals surface area (Å²) in [7, 11) is 0. The summed E-state index contributed by atoms with van der Waals surface area (Å²) in [4.78, 5) is 11.9. The number of carbonyl (C=O) groups is 1. The Balaban J connectivity index is 1.51. The number of rotatable bonds is 6. The van der Waals surface area contributed by atoms with Crippen LogP contribution in [0.2, 0.25) is 0 Å². The number of carbonyl (C=O) groups excluding carboxylic acids is 1. The molecule has 3 heteroatoms. The molecule has 0 bridgehead atoms. The van der Waals surface area contributed by atoms with E-state index in [0.717, 1.165) is 5.56 Å². The van der Waals surface area contributed by atoms with E-state index in [-0.39, 0.29) is 24.0 Å². The highest BCUT2D eigenvalue weighted by Crippen LogP contribution is 2.27. The first-order chi connectivity index (χ1) is 13.9. The maximum Gasteiger partial charge on any atom is 0.407 e. The third-order valence-electron chi connectivity index (χ3n) is 5.07. The Labute approximate surface area is 173 Å². The van der Waals surface area contributed by atoms with Crippen molar-refractivity contribution in [1.29, 1.82) is 0 Å². The number of hydrogen-bond donors (Lipinski definition) is 1. The molecule has 0 aliphatic heterocycles. The standard InChI is InChI=1S/C26H29NO2/c1-20(18-27-25(28)29-19-21-8-5-4-6-9-21)22-11-13-24(14-12-22)23-10-7-16-26(2,3)17-15-23/h4-17,20H,18-19H2,1-3H3,(H,27,28). The van der Waals surface area contributed by atoms with Crippen molar-refractivity contribution in [2.24, 2.45) is 5.41 Å². The van der Waals surface area contributed by atoms with Gasteiger partial charge in [0.2, 0.25) is 0 Å². The van der Waals surface area contributed by atoms with Crippen LogP contribution in [0.1, 0.15) is 43.4 Å². The van der Waals surface area contributed by atoms with Gasteiger partial charge in [-0.2, -0.15) is 0 Å². The molecule has 0 heterocycles. The Kier molecular flexibility index (Phi) is 6.71. The van der Waals surface area contributed by atoms with E-state index in [9.17, 15) is 4.79 Å². The molecule has 0 saturated carbocycles. The zero-order valence-corrected chi connectivity index (χ0v) is 17.4. The van der Waals surface area contributed by atoms with E-state index in [1.165, 1.54) is 16.7 Å². The summed E-state index contributed by atoms with van der Waals surface area (Å²) in [6.45, 7) is 7.30. The van der Waals surface area contributed by atoms with Crippen LogP contribution in [-0.4, -0.2) is 12.6 Å². The van der Waals surface area contributed by atoms with Crippen LogP contribution in [0.3, 0.4) is 0 Å². The van der Waals surface area contributed by atoms with Crippen LogP contribution in [0, 0.1) is 5.41 Å². The highest BCUT2D eigenvalue weighted by molar-refractivity contribution is 5.76. The van der Waals surface area contributed by atoms with Crippen LogP contribution in [0.5, 0.6) is 0 Å². The van der Waals surface area contributed by atoms with Crippen LogP contribution in [0.4, 0.5) is 4.79 Å². The summed E-state index contributed by atoms with van der Waals surface area (Å²) in [6, 6.07) is 18.2. The molecule has 29 heavy (non-hydrogen) atoms. The molecular weight excluding hydrogens is 358 g/mol. The molecule has 2 aromatic rings. The number of nitrogens with one attached hydrogen (secondary N) is 1.